The van der Waals surface area contributed by atoms with Gasteiger partial charge in [0.25, 0.3) is 5.91 Å². The normalized spacial score (nSPS) is 15.5. The third-order valence-electron chi connectivity index (χ3n) is 3.55. The Morgan fingerprint density at radius 3 is 2.90 bits per heavy atom. The van der Waals surface area contributed by atoms with Gasteiger partial charge in [-0.25, -0.2) is 0 Å². The highest BCUT2D eigenvalue weighted by molar-refractivity contribution is 7.17. The number of carbonyl (C=O) groups is 2. The summed E-state index contributed by atoms with van der Waals surface area (Å²) in [6.07, 6.45) is 2.07. The van der Waals surface area contributed by atoms with Gasteiger partial charge in [-0.1, -0.05) is 20.3 Å². The first-order chi connectivity index (χ1) is 9.52. The van der Waals surface area contributed by atoms with Gasteiger partial charge in [-0.3, -0.25) is 9.59 Å². The van der Waals surface area contributed by atoms with E-state index in [1.807, 2.05) is 13.8 Å². The Bertz CT molecular complexity index is 525. The van der Waals surface area contributed by atoms with E-state index in [2.05, 4.69) is 5.32 Å². The number of carbonyl (C=O) groups excluding carboxylic acids is 2. The zero-order valence-electron chi connectivity index (χ0n) is 11.8. The van der Waals surface area contributed by atoms with Crippen molar-refractivity contribution in [1.82, 2.24) is 0 Å². The summed E-state index contributed by atoms with van der Waals surface area (Å²) < 4.78 is 5.38. The molecule has 1 aromatic rings. The van der Waals surface area contributed by atoms with E-state index in [-0.39, 0.29) is 5.91 Å². The Kier molecular flexibility index (Phi) is 4.77. The third-order valence-corrected chi connectivity index (χ3v) is 4.67. The van der Waals surface area contributed by atoms with Crippen LogP contribution in [0.15, 0.2) is 0 Å². The van der Waals surface area contributed by atoms with Crippen molar-refractivity contribution in [2.24, 2.45) is 11.7 Å². The molecule has 6 heteroatoms. The van der Waals surface area contributed by atoms with E-state index in [0.29, 0.717) is 42.5 Å². The number of rotatable bonds is 5. The van der Waals surface area contributed by atoms with Gasteiger partial charge in [0.15, 0.2) is 0 Å². The van der Waals surface area contributed by atoms with Crippen LogP contribution < -0.4 is 11.1 Å². The highest BCUT2D eigenvalue weighted by atomic mass is 32.1. The van der Waals surface area contributed by atoms with E-state index in [1.54, 1.807) is 0 Å². The summed E-state index contributed by atoms with van der Waals surface area (Å²) in [5.41, 5.74) is 6.86. The molecule has 0 aromatic carbocycles. The molecule has 110 valence electrons. The molecule has 20 heavy (non-hydrogen) atoms. The average Bonchev–Trinajstić information content (AvgIpc) is 2.75. The average molecular weight is 296 g/mol. The van der Waals surface area contributed by atoms with Gasteiger partial charge >= 0.3 is 0 Å². The van der Waals surface area contributed by atoms with Crippen LogP contribution in [0.25, 0.3) is 0 Å². The maximum atomic E-state index is 12.0. The molecule has 2 amide bonds. The van der Waals surface area contributed by atoms with Crippen LogP contribution in [0.2, 0.25) is 0 Å². The molecule has 0 bridgehead atoms. The Balaban J connectivity index is 2.21. The third kappa shape index (κ3) is 3.19. The van der Waals surface area contributed by atoms with Gasteiger partial charge in [-0.15, -0.1) is 11.3 Å². The van der Waals surface area contributed by atoms with Crippen molar-refractivity contribution in [3.63, 3.8) is 0 Å². The highest BCUT2D eigenvalue weighted by Gasteiger charge is 2.25. The van der Waals surface area contributed by atoms with Crippen molar-refractivity contribution in [3.05, 3.63) is 16.0 Å². The number of hydrogen-bond donors (Lipinski definition) is 2. The van der Waals surface area contributed by atoms with Crippen molar-refractivity contribution in [3.8, 4) is 0 Å². The fourth-order valence-electron chi connectivity index (χ4n) is 2.22. The van der Waals surface area contributed by atoms with Crippen LogP contribution in [0.3, 0.4) is 0 Å². The van der Waals surface area contributed by atoms with E-state index in [4.69, 9.17) is 10.5 Å². The summed E-state index contributed by atoms with van der Waals surface area (Å²) >= 11 is 1.40. The Morgan fingerprint density at radius 1 is 1.50 bits per heavy atom. The van der Waals surface area contributed by atoms with Crippen LogP contribution in [-0.2, 0) is 22.6 Å². The first-order valence-electron chi connectivity index (χ1n) is 6.84. The van der Waals surface area contributed by atoms with Crippen LogP contribution in [0.4, 0.5) is 5.00 Å². The van der Waals surface area contributed by atoms with Gasteiger partial charge in [0.05, 0.1) is 18.8 Å². The van der Waals surface area contributed by atoms with Crippen molar-refractivity contribution >= 4 is 28.2 Å². The van der Waals surface area contributed by atoms with Gasteiger partial charge in [-0.05, 0) is 17.9 Å². The Morgan fingerprint density at radius 2 is 2.25 bits per heavy atom. The number of ether oxygens (including phenoxy) is 1. The van der Waals surface area contributed by atoms with Crippen molar-refractivity contribution in [1.29, 1.82) is 0 Å². The molecule has 1 aliphatic heterocycles. The molecule has 5 nitrogen and oxygen atoms in total. The fraction of sp³-hybridized carbons (Fsp3) is 0.571. The number of amides is 2. The predicted octanol–water partition coefficient (Wildman–Crippen LogP) is 2.29. The fourth-order valence-corrected chi connectivity index (χ4v) is 3.43. The van der Waals surface area contributed by atoms with E-state index in [9.17, 15) is 9.59 Å². The van der Waals surface area contributed by atoms with E-state index >= 15 is 0 Å². The van der Waals surface area contributed by atoms with E-state index < -0.39 is 5.91 Å². The molecule has 1 unspecified atom stereocenters. The lowest BCUT2D eigenvalue weighted by Gasteiger charge is -2.12. The van der Waals surface area contributed by atoms with Crippen molar-refractivity contribution < 1.29 is 14.3 Å². The molecule has 0 spiro atoms. The zero-order chi connectivity index (χ0) is 14.7. The lowest BCUT2D eigenvalue weighted by Crippen LogP contribution is -2.20. The number of anilines is 1. The summed E-state index contributed by atoms with van der Waals surface area (Å²) in [6, 6.07) is 0. The molecular formula is C14H20N2O3S. The minimum absolute atomic E-state index is 0.0682. The molecule has 2 heterocycles. The van der Waals surface area contributed by atoms with E-state index in [1.165, 1.54) is 11.3 Å². The van der Waals surface area contributed by atoms with E-state index in [0.717, 1.165) is 16.9 Å². The van der Waals surface area contributed by atoms with Gasteiger partial charge in [0.2, 0.25) is 5.91 Å². The van der Waals surface area contributed by atoms with Crippen LogP contribution in [-0.4, -0.2) is 18.4 Å². The van der Waals surface area contributed by atoms with Crippen LogP contribution in [0, 0.1) is 5.92 Å². The summed E-state index contributed by atoms with van der Waals surface area (Å²) in [6.45, 7) is 5.15. The quantitative estimate of drug-likeness (QED) is 0.874. The minimum Gasteiger partial charge on any atom is -0.376 e. The molecule has 3 N–H and O–H groups in total. The maximum absolute atomic E-state index is 12.0. The van der Waals surface area contributed by atoms with Crippen LogP contribution in [0.1, 0.15) is 47.5 Å². The van der Waals surface area contributed by atoms with Crippen molar-refractivity contribution in [2.75, 3.05) is 11.9 Å². The standard InChI is InChI=1S/C14H20N2O3S/c1-3-8(2)6-11(17)16-14-12(13(15)18)9-4-5-19-7-10(9)20-14/h8H,3-7H2,1-2H3,(H2,15,18)(H,16,17). The van der Waals surface area contributed by atoms with Gasteiger partial charge in [-0.2, -0.15) is 0 Å². The predicted molar refractivity (Wildman–Crippen MR) is 78.9 cm³/mol. The lowest BCUT2D eigenvalue weighted by molar-refractivity contribution is -0.116. The number of fused-ring (bicyclic) bond motifs is 1. The topological polar surface area (TPSA) is 81.4 Å². The molecule has 0 saturated heterocycles. The molecule has 0 saturated carbocycles. The van der Waals surface area contributed by atoms with Gasteiger partial charge in [0, 0.05) is 11.3 Å². The molecular weight excluding hydrogens is 276 g/mol. The molecule has 1 aliphatic rings. The van der Waals surface area contributed by atoms with Crippen LogP contribution >= 0.6 is 11.3 Å². The largest absolute Gasteiger partial charge is 0.376 e. The molecule has 0 fully saturated rings. The summed E-state index contributed by atoms with van der Waals surface area (Å²) in [7, 11) is 0. The molecule has 2 rings (SSSR count). The second kappa shape index (κ2) is 6.37. The number of thiophene rings is 1. The lowest BCUT2D eigenvalue weighted by atomic mass is 10.0. The Labute approximate surface area is 122 Å². The molecule has 0 radical (unpaired) electrons. The van der Waals surface area contributed by atoms with Crippen LogP contribution in [0.5, 0.6) is 0 Å². The van der Waals surface area contributed by atoms with Gasteiger partial charge in [0.1, 0.15) is 5.00 Å². The maximum Gasteiger partial charge on any atom is 0.251 e. The van der Waals surface area contributed by atoms with Gasteiger partial charge < -0.3 is 15.8 Å². The molecule has 1 aromatic heterocycles. The first-order valence-corrected chi connectivity index (χ1v) is 7.66. The molecule has 1 atom stereocenters. The first kappa shape index (κ1) is 15.0. The number of nitrogens with two attached hydrogens (primary N) is 1. The minimum atomic E-state index is -0.483. The SMILES string of the molecule is CCC(C)CC(=O)Nc1sc2c(c1C(N)=O)CCOC2. The number of primary amides is 1. The molecule has 0 aliphatic carbocycles. The second-order valence-corrected chi connectivity index (χ2v) is 6.25. The Hall–Kier alpha value is -1.40. The smallest absolute Gasteiger partial charge is 0.251 e. The number of nitrogens with one attached hydrogen (secondary N) is 1. The summed E-state index contributed by atoms with van der Waals surface area (Å²) in [5, 5.41) is 3.41. The number of hydrogen-bond acceptors (Lipinski definition) is 4. The zero-order valence-corrected chi connectivity index (χ0v) is 12.6. The van der Waals surface area contributed by atoms with Crippen molar-refractivity contribution in [2.45, 2.75) is 39.7 Å². The monoisotopic (exact) mass is 296 g/mol. The summed E-state index contributed by atoms with van der Waals surface area (Å²) in [4.78, 5) is 24.6. The highest BCUT2D eigenvalue weighted by Crippen LogP contribution is 2.36. The summed E-state index contributed by atoms with van der Waals surface area (Å²) in [5.74, 6) is -0.227. The second-order valence-electron chi connectivity index (χ2n) is 5.14.